The van der Waals surface area contributed by atoms with Crippen LogP contribution in [0.3, 0.4) is 0 Å². The fourth-order valence-corrected chi connectivity index (χ4v) is 0. The zero-order chi connectivity index (χ0) is 17.7. The Bertz CT molecular complexity index is 90.5. The van der Waals surface area contributed by atoms with E-state index in [0.29, 0.717) is 0 Å². The zero-order valence-electron chi connectivity index (χ0n) is 13.6. The van der Waals surface area contributed by atoms with Gasteiger partial charge in [0.1, 0.15) is 0 Å². The van der Waals surface area contributed by atoms with Gasteiger partial charge in [0.25, 0.3) is 0 Å². The van der Waals surface area contributed by atoms with E-state index in [1.165, 1.54) is 0 Å². The molecular weight excluding hydrogens is 324 g/mol. The van der Waals surface area contributed by atoms with Gasteiger partial charge in [0.15, 0.2) is 0 Å². The summed E-state index contributed by atoms with van der Waals surface area (Å²) in [4.78, 5) is 0. The first-order valence-electron chi connectivity index (χ1n) is 6.18. The van der Waals surface area contributed by atoms with Gasteiger partial charge in [-0.05, 0) is 0 Å². The summed E-state index contributed by atoms with van der Waals surface area (Å²) >= 11 is 0. The second kappa shape index (κ2) is 37.0. The van der Waals surface area contributed by atoms with Gasteiger partial charge in [-0.1, -0.05) is 52.1 Å². The summed E-state index contributed by atoms with van der Waals surface area (Å²) in [5.41, 5.74) is 12.5. The van der Waals surface area contributed by atoms with Crippen molar-refractivity contribution in [2.45, 2.75) is 52.1 Å². The van der Waals surface area contributed by atoms with Gasteiger partial charge >= 0.3 is 0 Å². The maximum Gasteiger partial charge on any atom is 0 e. The molecule has 1 radical (unpaired) electrons. The second-order valence-electron chi connectivity index (χ2n) is 3.90. The molecule has 0 heterocycles. The first-order valence-corrected chi connectivity index (χ1v) is 6.18. The van der Waals surface area contributed by atoms with Crippen LogP contribution in [0.5, 0.6) is 0 Å². The molecule has 0 bridgehead atoms. The van der Waals surface area contributed by atoms with Crippen molar-refractivity contribution < 1.29 is 37.5 Å². The van der Waals surface area contributed by atoms with Crippen molar-refractivity contribution in [3.05, 3.63) is 39.2 Å². The molecule has 0 amide bonds. The monoisotopic (exact) mass is 357 g/mol. The number of aliphatic hydroxyl groups excluding tert-OH is 4. The molecule has 0 aliphatic heterocycles. The number of nitrogens with one attached hydrogen (secondary N) is 2. The van der Waals surface area contributed by atoms with E-state index in [0.717, 1.165) is 0 Å². The van der Waals surface area contributed by atoms with Crippen LogP contribution in [0.15, 0.2) is 0 Å². The number of hydrogen-bond acceptors (Lipinski definition) is 4. The summed E-state index contributed by atoms with van der Waals surface area (Å²) in [5, 5.41) is 31.8. The Morgan fingerprint density at radius 2 is 0.667 bits per heavy atom. The molecule has 141 valence electrons. The van der Waals surface area contributed by atoms with Crippen LogP contribution in [0.1, 0.15) is 27.7 Å². The third-order valence-electron chi connectivity index (χ3n) is 0.125. The first kappa shape index (κ1) is 37.5. The van der Waals surface area contributed by atoms with Crippen LogP contribution in [0.25, 0.3) is 11.5 Å². The Balaban J connectivity index is -0.0000000331. The normalized spacial score (nSPS) is 13.4. The van der Waals surface area contributed by atoms with Crippen LogP contribution >= 0.6 is 0 Å². The summed E-state index contributed by atoms with van der Waals surface area (Å²) < 4.78 is 0. The van der Waals surface area contributed by atoms with Gasteiger partial charge in [0.2, 0.25) is 0 Å². The number of rotatable bonds is 1. The second-order valence-corrected chi connectivity index (χ2v) is 3.90. The predicted molar refractivity (Wildman–Crippen MR) is 86.5 cm³/mol. The van der Waals surface area contributed by atoms with E-state index < -0.39 is 24.4 Å². The molecule has 0 aliphatic carbocycles. The van der Waals surface area contributed by atoms with Gasteiger partial charge in [0, 0.05) is 17.1 Å². The average molecular weight is 358 g/mol. The molecule has 0 rings (SSSR count). The minimum Gasteiger partial charge on any atom is -0.679 e. The van der Waals surface area contributed by atoms with Crippen LogP contribution < -0.4 is 0 Å². The maximum absolute atomic E-state index is 7.94. The van der Waals surface area contributed by atoms with Gasteiger partial charge in [0.05, 0.1) is 0 Å². The van der Waals surface area contributed by atoms with Gasteiger partial charge in [-0.3, -0.25) is 0 Å². The van der Waals surface area contributed by atoms with Gasteiger partial charge in [-0.25, -0.2) is 0 Å². The van der Waals surface area contributed by atoms with Crippen LogP contribution in [0.2, 0.25) is 0 Å². The minimum atomic E-state index is -0.417. The molecular formula is C14H34CuN2O4-6. The van der Waals surface area contributed by atoms with E-state index in [9.17, 15) is 0 Å². The summed E-state index contributed by atoms with van der Waals surface area (Å²) in [6.45, 7) is 19.7. The van der Waals surface area contributed by atoms with Crippen molar-refractivity contribution in [2.24, 2.45) is 0 Å². The third kappa shape index (κ3) is 4140. The molecule has 7 heteroatoms. The summed E-state index contributed by atoms with van der Waals surface area (Å²) in [6, 6.07) is 0. The Morgan fingerprint density at radius 1 is 0.619 bits per heavy atom. The molecule has 0 aromatic rings. The average Bonchev–Trinajstić information content (AvgIpc) is 2.13. The van der Waals surface area contributed by atoms with Gasteiger partial charge in [-0.15, -0.1) is 0 Å². The molecule has 6 N–H and O–H groups in total. The Kier molecular flexibility index (Phi) is 66.0. The summed E-state index contributed by atoms with van der Waals surface area (Å²) in [5.74, 6) is 0. The maximum atomic E-state index is 7.94. The molecule has 4 unspecified atom stereocenters. The molecule has 0 aromatic heterocycles. The quantitative estimate of drug-likeness (QED) is 0.421. The molecule has 0 spiro atoms. The third-order valence-corrected chi connectivity index (χ3v) is 0.125. The van der Waals surface area contributed by atoms with E-state index in [-0.39, 0.29) is 30.2 Å². The van der Waals surface area contributed by atoms with Crippen molar-refractivity contribution in [3.63, 3.8) is 0 Å². The zero-order valence-corrected chi connectivity index (χ0v) is 14.6. The van der Waals surface area contributed by atoms with E-state index in [4.69, 9.17) is 31.9 Å². The standard InChI is InChI=1S/4C3H7O.C2H6N2.Cu/c4*1-3(2)4;3-1-2-4;/h4*3-4H,1H2,2H3;3-4H,1-2H2;/q4*-1;-2;. The van der Waals surface area contributed by atoms with Crippen LogP contribution in [-0.4, -0.2) is 57.9 Å². The largest absolute Gasteiger partial charge is 0.679 e. The predicted octanol–water partition coefficient (Wildman–Crippen LogP) is 1.89. The first-order chi connectivity index (χ1) is 8.84. The number of hydrogen-bond donors (Lipinski definition) is 4. The molecule has 0 saturated carbocycles. The van der Waals surface area contributed by atoms with Gasteiger partial charge in [-0.2, -0.15) is 13.1 Å². The van der Waals surface area contributed by atoms with Crippen LogP contribution in [0, 0.1) is 27.7 Å². The summed E-state index contributed by atoms with van der Waals surface area (Å²) in [7, 11) is 0. The van der Waals surface area contributed by atoms with E-state index in [1.807, 2.05) is 0 Å². The topological polar surface area (TPSA) is 129 Å². The molecule has 0 saturated heterocycles. The van der Waals surface area contributed by atoms with Crippen molar-refractivity contribution in [3.8, 4) is 0 Å². The van der Waals surface area contributed by atoms with E-state index in [1.54, 1.807) is 27.7 Å². The van der Waals surface area contributed by atoms with E-state index >= 15 is 0 Å². The Labute approximate surface area is 142 Å². The molecule has 6 nitrogen and oxygen atoms in total. The van der Waals surface area contributed by atoms with Crippen LogP contribution in [-0.2, 0) is 17.1 Å². The van der Waals surface area contributed by atoms with Crippen molar-refractivity contribution in [1.29, 1.82) is 0 Å². The fourth-order valence-electron chi connectivity index (χ4n) is 0. The molecule has 0 fully saturated rings. The number of aliphatic hydroxyl groups is 4. The Hall–Kier alpha value is 0.279. The SMILES string of the molecule is [CH2-]C(C)O.[CH2-]C(C)O.[CH2-]C(C)O.[CH2-]C(C)O.[Cu].[NH-]CC[NH-]. The molecule has 0 aliphatic rings. The smallest absolute Gasteiger partial charge is 0 e. The van der Waals surface area contributed by atoms with Gasteiger partial charge < -0.3 is 59.6 Å². The van der Waals surface area contributed by atoms with Crippen molar-refractivity contribution in [1.82, 2.24) is 0 Å². The molecule has 4 atom stereocenters. The minimum absolute atomic E-state index is 0. The fraction of sp³-hybridized carbons (Fsp3) is 0.714. The van der Waals surface area contributed by atoms with Crippen molar-refractivity contribution >= 4 is 0 Å². The van der Waals surface area contributed by atoms with Crippen molar-refractivity contribution in [2.75, 3.05) is 13.1 Å². The molecule has 0 aromatic carbocycles. The van der Waals surface area contributed by atoms with E-state index in [2.05, 4.69) is 27.7 Å². The Morgan fingerprint density at radius 3 is 0.667 bits per heavy atom. The van der Waals surface area contributed by atoms with Crippen LogP contribution in [0.4, 0.5) is 0 Å². The summed E-state index contributed by atoms with van der Waals surface area (Å²) in [6.07, 6.45) is -1.67. The molecule has 21 heavy (non-hydrogen) atoms.